The maximum atomic E-state index is 12.0. The highest BCUT2D eigenvalue weighted by Crippen LogP contribution is 2.30. The lowest BCUT2D eigenvalue weighted by atomic mass is 9.93. The minimum Gasteiger partial charge on any atom is -0.472 e. The maximum absolute atomic E-state index is 12.0. The van der Waals surface area contributed by atoms with Gasteiger partial charge in [0.15, 0.2) is 5.76 Å². The van der Waals surface area contributed by atoms with E-state index in [2.05, 4.69) is 5.16 Å². The molecule has 122 valence electrons. The van der Waals surface area contributed by atoms with E-state index >= 15 is 0 Å². The van der Waals surface area contributed by atoms with Crippen LogP contribution in [0.3, 0.4) is 0 Å². The third-order valence-electron chi connectivity index (χ3n) is 3.80. The van der Waals surface area contributed by atoms with E-state index in [0.717, 1.165) is 0 Å². The molecule has 1 aromatic rings. The largest absolute Gasteiger partial charge is 0.472 e. The molecule has 1 heterocycles. The van der Waals surface area contributed by atoms with Crippen molar-refractivity contribution >= 4 is 11.8 Å². The summed E-state index contributed by atoms with van der Waals surface area (Å²) in [5, 5.41) is 3.89. The smallest absolute Gasteiger partial charge is 0.317 e. The molecule has 0 spiro atoms. The van der Waals surface area contributed by atoms with Gasteiger partial charge in [0.1, 0.15) is 17.8 Å². The van der Waals surface area contributed by atoms with Gasteiger partial charge in [-0.25, -0.2) is 0 Å². The fourth-order valence-electron chi connectivity index (χ4n) is 2.62. The van der Waals surface area contributed by atoms with E-state index in [4.69, 9.17) is 14.0 Å². The number of ketones is 1. The van der Waals surface area contributed by atoms with Crippen LogP contribution in [-0.2, 0) is 14.3 Å². The predicted octanol–water partition coefficient (Wildman–Crippen LogP) is 2.87. The number of carbonyl (C=O) groups is 2. The van der Waals surface area contributed by atoms with Crippen molar-refractivity contribution in [2.24, 2.45) is 5.92 Å². The fraction of sp³-hybridized carbons (Fsp3) is 0.688. The van der Waals surface area contributed by atoms with E-state index in [9.17, 15) is 9.59 Å². The molecule has 1 saturated carbocycles. The van der Waals surface area contributed by atoms with Crippen LogP contribution in [-0.4, -0.2) is 29.6 Å². The van der Waals surface area contributed by atoms with Gasteiger partial charge in [-0.3, -0.25) is 9.59 Å². The molecule has 0 bridgehead atoms. The van der Waals surface area contributed by atoms with Gasteiger partial charge in [0.25, 0.3) is 5.88 Å². The summed E-state index contributed by atoms with van der Waals surface area (Å²) in [5.41, 5.74) is 0. The van der Waals surface area contributed by atoms with E-state index in [-0.39, 0.29) is 23.8 Å². The summed E-state index contributed by atoms with van der Waals surface area (Å²) in [6.07, 6.45) is 2.48. The Balaban J connectivity index is 2.02. The maximum Gasteiger partial charge on any atom is 0.317 e. The highest BCUT2D eigenvalue weighted by Gasteiger charge is 2.30. The number of rotatable bonds is 6. The zero-order valence-corrected chi connectivity index (χ0v) is 13.3. The zero-order valence-electron chi connectivity index (χ0n) is 13.3. The summed E-state index contributed by atoms with van der Waals surface area (Å²) in [5.74, 6) is 0.329. The summed E-state index contributed by atoms with van der Waals surface area (Å²) >= 11 is 0. The number of ether oxygens (including phenoxy) is 2. The van der Waals surface area contributed by atoms with Gasteiger partial charge >= 0.3 is 5.97 Å². The van der Waals surface area contributed by atoms with Gasteiger partial charge < -0.3 is 14.0 Å². The lowest BCUT2D eigenvalue weighted by Gasteiger charge is -2.20. The first kappa shape index (κ1) is 16.5. The van der Waals surface area contributed by atoms with Gasteiger partial charge in [-0.2, -0.15) is 0 Å². The third-order valence-corrected chi connectivity index (χ3v) is 3.80. The molecule has 6 nitrogen and oxygen atoms in total. The Labute approximate surface area is 130 Å². The summed E-state index contributed by atoms with van der Waals surface area (Å²) in [6, 6.07) is 1.65. The van der Waals surface area contributed by atoms with Crippen LogP contribution in [0.2, 0.25) is 0 Å². The summed E-state index contributed by atoms with van der Waals surface area (Å²) in [4.78, 5) is 23.3. The van der Waals surface area contributed by atoms with E-state index in [1.807, 2.05) is 13.8 Å². The number of carbonyl (C=O) groups excluding carboxylic acids is 2. The fourth-order valence-corrected chi connectivity index (χ4v) is 2.62. The molecule has 1 atom stereocenters. The van der Waals surface area contributed by atoms with Gasteiger partial charge in [-0.05, 0) is 30.8 Å². The van der Waals surface area contributed by atoms with Crippen molar-refractivity contribution in [1.29, 1.82) is 0 Å². The molecule has 0 N–H and O–H groups in total. The molecule has 0 radical (unpaired) electrons. The van der Waals surface area contributed by atoms with Crippen LogP contribution in [0.1, 0.15) is 58.1 Å². The molecule has 6 heteroatoms. The van der Waals surface area contributed by atoms with Crippen molar-refractivity contribution in [3.63, 3.8) is 0 Å². The first-order valence-corrected chi connectivity index (χ1v) is 7.82. The molecule has 1 aliphatic carbocycles. The Morgan fingerprint density at radius 1 is 1.41 bits per heavy atom. The monoisotopic (exact) mass is 309 g/mol. The van der Waals surface area contributed by atoms with E-state index in [0.29, 0.717) is 43.9 Å². The first-order valence-electron chi connectivity index (χ1n) is 7.82. The molecule has 0 amide bonds. The van der Waals surface area contributed by atoms with Crippen molar-refractivity contribution in [3.8, 4) is 5.88 Å². The predicted molar refractivity (Wildman–Crippen MR) is 78.6 cm³/mol. The van der Waals surface area contributed by atoms with Crippen molar-refractivity contribution < 1.29 is 23.6 Å². The second-order valence-electron chi connectivity index (χ2n) is 5.90. The van der Waals surface area contributed by atoms with Crippen LogP contribution in [0, 0.1) is 5.92 Å². The highest BCUT2D eigenvalue weighted by atomic mass is 16.6. The quantitative estimate of drug-likeness (QED) is 0.752. The Morgan fingerprint density at radius 2 is 2.09 bits per heavy atom. The minimum atomic E-state index is -0.488. The molecule has 1 fully saturated rings. The lowest BCUT2D eigenvalue weighted by molar-refractivity contribution is -0.146. The Kier molecular flexibility index (Phi) is 5.57. The van der Waals surface area contributed by atoms with Crippen LogP contribution in [0.25, 0.3) is 0 Å². The molecule has 22 heavy (non-hydrogen) atoms. The Bertz CT molecular complexity index is 512. The number of Topliss-reactive ketones (excluding diaryl/α,β-unsaturated/α-hetero) is 1. The first-order chi connectivity index (χ1) is 10.5. The molecule has 1 unspecified atom stereocenters. The third kappa shape index (κ3) is 4.08. The van der Waals surface area contributed by atoms with Crippen molar-refractivity contribution in [2.75, 3.05) is 6.61 Å². The van der Waals surface area contributed by atoms with Gasteiger partial charge in [0.2, 0.25) is 0 Å². The van der Waals surface area contributed by atoms with Crippen LogP contribution in [0.5, 0.6) is 5.88 Å². The number of aromatic nitrogens is 1. The van der Waals surface area contributed by atoms with E-state index in [1.165, 1.54) is 0 Å². The van der Waals surface area contributed by atoms with Crippen LogP contribution in [0.4, 0.5) is 0 Å². The van der Waals surface area contributed by atoms with Crippen LogP contribution >= 0.6 is 0 Å². The highest BCUT2D eigenvalue weighted by molar-refractivity contribution is 5.79. The van der Waals surface area contributed by atoms with Crippen molar-refractivity contribution in [2.45, 2.75) is 58.5 Å². The molecule has 1 aromatic heterocycles. The lowest BCUT2D eigenvalue weighted by Crippen LogP contribution is -2.24. The van der Waals surface area contributed by atoms with Crippen molar-refractivity contribution in [1.82, 2.24) is 5.16 Å². The average Bonchev–Trinajstić information content (AvgIpc) is 2.89. The summed E-state index contributed by atoms with van der Waals surface area (Å²) < 4.78 is 16.1. The van der Waals surface area contributed by atoms with E-state index in [1.54, 1.807) is 13.0 Å². The van der Waals surface area contributed by atoms with E-state index < -0.39 is 5.92 Å². The number of hydrogen-bond donors (Lipinski definition) is 0. The summed E-state index contributed by atoms with van der Waals surface area (Å²) in [7, 11) is 0. The SMILES string of the molecule is CCOC(=O)C(c1cc(OC2CCC(=O)CC2)no1)C(C)C. The number of nitrogens with zero attached hydrogens (tertiary/aromatic N) is 1. The zero-order chi connectivity index (χ0) is 16.1. The second-order valence-corrected chi connectivity index (χ2v) is 5.90. The normalized spacial score (nSPS) is 17.5. The standard InChI is InChI=1S/C16H23NO5/c1-4-20-16(19)15(10(2)3)13-9-14(17-22-13)21-12-7-5-11(18)6-8-12/h9-10,12,15H,4-8H2,1-3H3. The second kappa shape index (κ2) is 7.42. The molecule has 0 aliphatic heterocycles. The average molecular weight is 309 g/mol. The van der Waals surface area contributed by atoms with Gasteiger partial charge in [-0.1, -0.05) is 13.8 Å². The van der Waals surface area contributed by atoms with Gasteiger partial charge in [0.05, 0.1) is 6.61 Å². The molecule has 0 saturated heterocycles. The van der Waals surface area contributed by atoms with Crippen molar-refractivity contribution in [3.05, 3.63) is 11.8 Å². The molecule has 2 rings (SSSR count). The topological polar surface area (TPSA) is 78.6 Å². The van der Waals surface area contributed by atoms with Crippen LogP contribution in [0.15, 0.2) is 10.6 Å². The minimum absolute atomic E-state index is 0.0178. The molecular weight excluding hydrogens is 286 g/mol. The van der Waals surface area contributed by atoms with Gasteiger partial charge in [0, 0.05) is 18.9 Å². The Hall–Kier alpha value is -1.85. The summed E-state index contributed by atoms with van der Waals surface area (Å²) in [6.45, 7) is 5.96. The van der Waals surface area contributed by atoms with Gasteiger partial charge in [-0.15, -0.1) is 0 Å². The molecule has 1 aliphatic rings. The Morgan fingerprint density at radius 3 is 2.68 bits per heavy atom. The molecular formula is C16H23NO5. The number of esters is 1. The molecule has 0 aromatic carbocycles. The van der Waals surface area contributed by atoms with Crippen LogP contribution < -0.4 is 4.74 Å². The number of hydrogen-bond acceptors (Lipinski definition) is 6.